The molecule has 2 aromatic rings. The van der Waals surface area contributed by atoms with Gasteiger partial charge in [0.25, 0.3) is 0 Å². The third kappa shape index (κ3) is 4.13. The van der Waals surface area contributed by atoms with Crippen molar-refractivity contribution in [3.05, 3.63) is 47.7 Å². The summed E-state index contributed by atoms with van der Waals surface area (Å²) in [6.07, 6.45) is 1.95. The van der Waals surface area contributed by atoms with Crippen LogP contribution in [0.15, 0.2) is 41.4 Å². The number of thioether (sulfide) groups is 1. The van der Waals surface area contributed by atoms with Crippen LogP contribution in [0.1, 0.15) is 24.6 Å². The van der Waals surface area contributed by atoms with E-state index in [1.54, 1.807) is 0 Å². The van der Waals surface area contributed by atoms with Gasteiger partial charge in [0, 0.05) is 0 Å². The van der Waals surface area contributed by atoms with Crippen molar-refractivity contribution in [2.75, 3.05) is 5.75 Å². The number of hydrogen-bond donors (Lipinski definition) is 1. The average molecular weight is 290 g/mol. The SMILES string of the molecule is CCCc1cc(SCC(=O)O)n(Cc2ccccc2)n1. The molecule has 0 aliphatic carbocycles. The van der Waals surface area contributed by atoms with E-state index in [0.717, 1.165) is 29.1 Å². The molecular weight excluding hydrogens is 272 g/mol. The van der Waals surface area contributed by atoms with Crippen LogP contribution in [-0.2, 0) is 17.8 Å². The zero-order chi connectivity index (χ0) is 14.4. The van der Waals surface area contributed by atoms with Crippen molar-refractivity contribution in [2.24, 2.45) is 0 Å². The molecule has 0 unspecified atom stereocenters. The van der Waals surface area contributed by atoms with Crippen LogP contribution in [0.25, 0.3) is 0 Å². The second-order valence-electron chi connectivity index (χ2n) is 4.55. The number of carboxylic acids is 1. The van der Waals surface area contributed by atoms with E-state index in [4.69, 9.17) is 5.11 Å². The minimum Gasteiger partial charge on any atom is -0.481 e. The topological polar surface area (TPSA) is 55.1 Å². The molecule has 0 saturated carbocycles. The van der Waals surface area contributed by atoms with Gasteiger partial charge in [-0.15, -0.1) is 0 Å². The lowest BCUT2D eigenvalue weighted by atomic mass is 10.2. The normalized spacial score (nSPS) is 10.7. The molecule has 5 heteroatoms. The maximum atomic E-state index is 10.7. The molecule has 106 valence electrons. The smallest absolute Gasteiger partial charge is 0.313 e. The molecule has 0 radical (unpaired) electrons. The van der Waals surface area contributed by atoms with Crippen molar-refractivity contribution < 1.29 is 9.90 Å². The number of benzene rings is 1. The van der Waals surface area contributed by atoms with E-state index >= 15 is 0 Å². The average Bonchev–Trinajstić information content (AvgIpc) is 2.80. The Kier molecular flexibility index (Phi) is 5.24. The first-order chi connectivity index (χ1) is 9.69. The van der Waals surface area contributed by atoms with Crippen LogP contribution in [0.2, 0.25) is 0 Å². The molecule has 4 nitrogen and oxygen atoms in total. The number of rotatable bonds is 7. The molecule has 0 atom stereocenters. The standard InChI is InChI=1S/C15H18N2O2S/c1-2-6-13-9-14(20-11-15(18)19)17(16-13)10-12-7-4-3-5-8-12/h3-5,7-9H,2,6,10-11H2,1H3,(H,18,19). The summed E-state index contributed by atoms with van der Waals surface area (Å²) < 4.78 is 1.90. The Bertz CT molecular complexity index is 567. The highest BCUT2D eigenvalue weighted by Crippen LogP contribution is 2.21. The predicted octanol–water partition coefficient (Wildman–Crippen LogP) is 3.06. The molecule has 0 saturated heterocycles. The summed E-state index contributed by atoms with van der Waals surface area (Å²) in [4.78, 5) is 10.7. The van der Waals surface area contributed by atoms with E-state index in [9.17, 15) is 4.79 Å². The number of carbonyl (C=O) groups is 1. The van der Waals surface area contributed by atoms with Crippen LogP contribution in [0.3, 0.4) is 0 Å². The molecular formula is C15H18N2O2S. The number of aromatic nitrogens is 2. The Hall–Kier alpha value is -1.75. The van der Waals surface area contributed by atoms with Crippen molar-refractivity contribution in [2.45, 2.75) is 31.3 Å². The van der Waals surface area contributed by atoms with E-state index < -0.39 is 5.97 Å². The fourth-order valence-electron chi connectivity index (χ4n) is 1.95. The predicted molar refractivity (Wildman–Crippen MR) is 80.1 cm³/mol. The molecule has 2 rings (SSSR count). The highest BCUT2D eigenvalue weighted by molar-refractivity contribution is 7.99. The van der Waals surface area contributed by atoms with Crippen LogP contribution < -0.4 is 0 Å². The summed E-state index contributed by atoms with van der Waals surface area (Å²) in [5.41, 5.74) is 2.19. The summed E-state index contributed by atoms with van der Waals surface area (Å²) >= 11 is 1.32. The fourth-order valence-corrected chi connectivity index (χ4v) is 2.70. The number of hydrogen-bond acceptors (Lipinski definition) is 3. The van der Waals surface area contributed by atoms with Gasteiger partial charge in [0.2, 0.25) is 0 Å². The van der Waals surface area contributed by atoms with Crippen LogP contribution >= 0.6 is 11.8 Å². The number of aryl methyl sites for hydroxylation is 1. The van der Waals surface area contributed by atoms with Gasteiger partial charge >= 0.3 is 5.97 Å². The van der Waals surface area contributed by atoms with Crippen molar-refractivity contribution >= 4 is 17.7 Å². The van der Waals surface area contributed by atoms with Gasteiger partial charge in [0.05, 0.1) is 23.0 Å². The Labute approximate surface area is 122 Å². The third-order valence-electron chi connectivity index (χ3n) is 2.82. The molecule has 20 heavy (non-hydrogen) atoms. The number of aliphatic carboxylic acids is 1. The third-order valence-corrected chi connectivity index (χ3v) is 3.83. The van der Waals surface area contributed by atoms with E-state index in [1.807, 2.05) is 41.1 Å². The summed E-state index contributed by atoms with van der Waals surface area (Å²) in [6, 6.07) is 12.1. The lowest BCUT2D eigenvalue weighted by molar-refractivity contribution is -0.133. The van der Waals surface area contributed by atoms with Gasteiger partial charge in [-0.25, -0.2) is 0 Å². The van der Waals surface area contributed by atoms with E-state index in [-0.39, 0.29) is 5.75 Å². The monoisotopic (exact) mass is 290 g/mol. The molecule has 0 aliphatic heterocycles. The first-order valence-electron chi connectivity index (χ1n) is 6.64. The summed E-state index contributed by atoms with van der Waals surface area (Å²) in [7, 11) is 0. The van der Waals surface area contributed by atoms with Gasteiger partial charge in [-0.1, -0.05) is 55.4 Å². The summed E-state index contributed by atoms with van der Waals surface area (Å²) in [5, 5.41) is 14.3. The highest BCUT2D eigenvalue weighted by Gasteiger charge is 2.10. The lowest BCUT2D eigenvalue weighted by Crippen LogP contribution is -2.05. The second-order valence-corrected chi connectivity index (χ2v) is 5.55. The van der Waals surface area contributed by atoms with Crippen LogP contribution in [-0.4, -0.2) is 26.6 Å². The van der Waals surface area contributed by atoms with E-state index in [1.165, 1.54) is 11.8 Å². The van der Waals surface area contributed by atoms with Gasteiger partial charge in [0.15, 0.2) is 0 Å². The van der Waals surface area contributed by atoms with E-state index in [0.29, 0.717) is 6.54 Å². The molecule has 0 fully saturated rings. The summed E-state index contributed by atoms with van der Waals surface area (Å²) in [6.45, 7) is 2.78. The molecule has 1 aromatic heterocycles. The number of nitrogens with zero attached hydrogens (tertiary/aromatic N) is 2. The minimum absolute atomic E-state index is 0.0616. The first-order valence-corrected chi connectivity index (χ1v) is 7.63. The maximum absolute atomic E-state index is 10.7. The Morgan fingerprint density at radius 1 is 1.35 bits per heavy atom. The molecule has 1 N–H and O–H groups in total. The Morgan fingerprint density at radius 2 is 2.10 bits per heavy atom. The van der Waals surface area contributed by atoms with Gasteiger partial charge in [-0.2, -0.15) is 5.10 Å². The van der Waals surface area contributed by atoms with Crippen LogP contribution in [0, 0.1) is 0 Å². The molecule has 1 heterocycles. The molecule has 0 aliphatic rings. The Balaban J connectivity index is 2.17. The van der Waals surface area contributed by atoms with Crippen molar-refractivity contribution in [3.8, 4) is 0 Å². The van der Waals surface area contributed by atoms with Crippen LogP contribution in [0.4, 0.5) is 0 Å². The Morgan fingerprint density at radius 3 is 2.75 bits per heavy atom. The maximum Gasteiger partial charge on any atom is 0.313 e. The van der Waals surface area contributed by atoms with Crippen molar-refractivity contribution in [3.63, 3.8) is 0 Å². The largest absolute Gasteiger partial charge is 0.481 e. The van der Waals surface area contributed by atoms with Crippen molar-refractivity contribution in [1.29, 1.82) is 0 Å². The quantitative estimate of drug-likeness (QED) is 0.796. The van der Waals surface area contributed by atoms with Crippen molar-refractivity contribution in [1.82, 2.24) is 9.78 Å². The van der Waals surface area contributed by atoms with Crippen LogP contribution in [0.5, 0.6) is 0 Å². The molecule has 0 bridgehead atoms. The summed E-state index contributed by atoms with van der Waals surface area (Å²) in [5.74, 6) is -0.744. The van der Waals surface area contributed by atoms with Gasteiger partial charge in [-0.05, 0) is 18.1 Å². The van der Waals surface area contributed by atoms with Gasteiger partial charge in [-0.3, -0.25) is 9.48 Å². The van der Waals surface area contributed by atoms with Gasteiger partial charge in [0.1, 0.15) is 0 Å². The second kappa shape index (κ2) is 7.14. The zero-order valence-corrected chi connectivity index (χ0v) is 12.3. The zero-order valence-electron chi connectivity index (χ0n) is 11.5. The highest BCUT2D eigenvalue weighted by atomic mass is 32.2. The van der Waals surface area contributed by atoms with Gasteiger partial charge < -0.3 is 5.11 Å². The van der Waals surface area contributed by atoms with E-state index in [2.05, 4.69) is 12.0 Å². The molecule has 1 aromatic carbocycles. The minimum atomic E-state index is -0.806. The fraction of sp³-hybridized carbons (Fsp3) is 0.333. The first kappa shape index (κ1) is 14.7. The molecule has 0 amide bonds. The lowest BCUT2D eigenvalue weighted by Gasteiger charge is -2.06. The number of carboxylic acid groups (broad SMARTS) is 1. The molecule has 0 spiro atoms.